The summed E-state index contributed by atoms with van der Waals surface area (Å²) in [6.07, 6.45) is 4.21. The van der Waals surface area contributed by atoms with Crippen LogP contribution >= 0.6 is 0 Å². The van der Waals surface area contributed by atoms with Gasteiger partial charge < -0.3 is 18.9 Å². The van der Waals surface area contributed by atoms with Crippen LogP contribution in [0.1, 0.15) is 17.2 Å². The maximum absolute atomic E-state index is 12.6. The van der Waals surface area contributed by atoms with Crippen molar-refractivity contribution < 1.29 is 23.7 Å². The standard InChI is InChI=1S/C22H24N4O5/c1-28-18-12-15(13-19(29-2)21(18)31-4)14-23-25-22(27)20(30-3)16-6-8-17(9-7-16)26-11-5-10-24-26/h5-14,20H,1-4H3,(H,25,27). The molecule has 2 aromatic carbocycles. The molecule has 3 aromatic rings. The van der Waals surface area contributed by atoms with Crippen molar-refractivity contribution >= 4 is 12.1 Å². The van der Waals surface area contributed by atoms with E-state index in [1.54, 1.807) is 23.0 Å². The van der Waals surface area contributed by atoms with Gasteiger partial charge in [-0.2, -0.15) is 10.2 Å². The summed E-state index contributed by atoms with van der Waals surface area (Å²) in [4.78, 5) is 12.6. The lowest BCUT2D eigenvalue weighted by Gasteiger charge is -2.14. The summed E-state index contributed by atoms with van der Waals surface area (Å²) < 4.78 is 23.0. The molecule has 0 fully saturated rings. The highest BCUT2D eigenvalue weighted by atomic mass is 16.5. The van der Waals surface area contributed by atoms with Gasteiger partial charge in [-0.3, -0.25) is 4.79 Å². The average molecular weight is 424 g/mol. The van der Waals surface area contributed by atoms with Crippen molar-refractivity contribution in [3.05, 3.63) is 66.0 Å². The summed E-state index contributed by atoms with van der Waals surface area (Å²) in [6.45, 7) is 0. The van der Waals surface area contributed by atoms with Crippen LogP contribution in [0, 0.1) is 0 Å². The third-order valence-electron chi connectivity index (χ3n) is 4.51. The lowest BCUT2D eigenvalue weighted by molar-refractivity contribution is -0.131. The number of hydrogen-bond donors (Lipinski definition) is 1. The molecular weight excluding hydrogens is 400 g/mol. The normalized spacial score (nSPS) is 11.9. The van der Waals surface area contributed by atoms with Gasteiger partial charge in [0, 0.05) is 25.1 Å². The fraction of sp³-hybridized carbons (Fsp3) is 0.227. The summed E-state index contributed by atoms with van der Waals surface area (Å²) in [5.41, 5.74) is 4.73. The smallest absolute Gasteiger partial charge is 0.273 e. The van der Waals surface area contributed by atoms with Gasteiger partial charge in [0.2, 0.25) is 5.75 Å². The Morgan fingerprint density at radius 1 is 1.06 bits per heavy atom. The van der Waals surface area contributed by atoms with Crippen molar-refractivity contribution in [2.24, 2.45) is 5.10 Å². The minimum Gasteiger partial charge on any atom is -0.493 e. The van der Waals surface area contributed by atoms with Crippen LogP contribution < -0.4 is 19.6 Å². The highest BCUT2D eigenvalue weighted by molar-refractivity contribution is 5.86. The zero-order valence-electron chi connectivity index (χ0n) is 17.7. The van der Waals surface area contributed by atoms with Crippen LogP contribution in [0.3, 0.4) is 0 Å². The van der Waals surface area contributed by atoms with E-state index < -0.39 is 12.0 Å². The largest absolute Gasteiger partial charge is 0.493 e. The minimum atomic E-state index is -0.816. The Hall–Kier alpha value is -3.85. The monoisotopic (exact) mass is 424 g/mol. The lowest BCUT2D eigenvalue weighted by atomic mass is 10.1. The lowest BCUT2D eigenvalue weighted by Crippen LogP contribution is -2.26. The first-order valence-electron chi connectivity index (χ1n) is 9.37. The molecule has 0 bridgehead atoms. The molecule has 162 valence electrons. The molecule has 0 aliphatic rings. The van der Waals surface area contributed by atoms with Gasteiger partial charge in [-0.25, -0.2) is 10.1 Å². The Labute approximate surface area is 180 Å². The van der Waals surface area contributed by atoms with Crippen LogP contribution in [0.5, 0.6) is 17.2 Å². The first kappa shape index (κ1) is 21.8. The summed E-state index contributed by atoms with van der Waals surface area (Å²) in [5.74, 6) is 1.05. The number of methoxy groups -OCH3 is 4. The maximum Gasteiger partial charge on any atom is 0.273 e. The van der Waals surface area contributed by atoms with Crippen molar-refractivity contribution in [3.63, 3.8) is 0 Å². The molecule has 9 nitrogen and oxygen atoms in total. The number of aromatic nitrogens is 2. The van der Waals surface area contributed by atoms with E-state index in [9.17, 15) is 4.79 Å². The molecule has 0 radical (unpaired) electrons. The summed E-state index contributed by atoms with van der Waals surface area (Å²) in [5, 5.41) is 8.21. The predicted molar refractivity (Wildman–Crippen MR) is 115 cm³/mol. The van der Waals surface area contributed by atoms with E-state index in [1.165, 1.54) is 34.7 Å². The van der Waals surface area contributed by atoms with Crippen LogP contribution in [-0.4, -0.2) is 50.3 Å². The maximum atomic E-state index is 12.6. The number of ether oxygens (including phenoxy) is 4. The van der Waals surface area contributed by atoms with Crippen LogP contribution in [0.15, 0.2) is 60.0 Å². The molecule has 1 amide bonds. The molecule has 1 unspecified atom stereocenters. The number of rotatable bonds is 9. The van der Waals surface area contributed by atoms with Crippen molar-refractivity contribution in [2.75, 3.05) is 28.4 Å². The van der Waals surface area contributed by atoms with Crippen LogP contribution in [0.2, 0.25) is 0 Å². The van der Waals surface area contributed by atoms with E-state index in [0.29, 0.717) is 28.4 Å². The predicted octanol–water partition coefficient (Wildman–Crippen LogP) is 2.74. The second-order valence-corrected chi connectivity index (χ2v) is 6.35. The van der Waals surface area contributed by atoms with E-state index in [2.05, 4.69) is 15.6 Å². The molecule has 9 heteroatoms. The van der Waals surface area contributed by atoms with Gasteiger partial charge in [0.1, 0.15) is 0 Å². The highest BCUT2D eigenvalue weighted by Crippen LogP contribution is 2.37. The van der Waals surface area contributed by atoms with Crippen molar-refractivity contribution in [1.29, 1.82) is 0 Å². The van der Waals surface area contributed by atoms with Gasteiger partial charge in [0.15, 0.2) is 17.6 Å². The van der Waals surface area contributed by atoms with Crippen LogP contribution in [-0.2, 0) is 9.53 Å². The summed E-state index contributed by atoms with van der Waals surface area (Å²) in [6, 6.07) is 12.6. The number of hydrazone groups is 1. The van der Waals surface area contributed by atoms with Gasteiger partial charge in [0.05, 0.1) is 33.2 Å². The van der Waals surface area contributed by atoms with E-state index in [1.807, 2.05) is 36.5 Å². The first-order chi connectivity index (χ1) is 15.1. The van der Waals surface area contributed by atoms with Crippen molar-refractivity contribution in [3.8, 4) is 22.9 Å². The zero-order valence-corrected chi connectivity index (χ0v) is 17.7. The number of carbonyl (C=O) groups is 1. The number of nitrogens with one attached hydrogen (secondary N) is 1. The number of carbonyl (C=O) groups excluding carboxylic acids is 1. The first-order valence-corrected chi connectivity index (χ1v) is 9.37. The number of amides is 1. The molecule has 3 rings (SSSR count). The molecule has 1 heterocycles. The van der Waals surface area contributed by atoms with E-state index >= 15 is 0 Å². The quantitative estimate of drug-likeness (QED) is 0.419. The zero-order chi connectivity index (χ0) is 22.2. The minimum absolute atomic E-state index is 0.405. The third kappa shape index (κ3) is 5.01. The Kier molecular flexibility index (Phi) is 7.23. The topological polar surface area (TPSA) is 96.2 Å². The molecule has 31 heavy (non-hydrogen) atoms. The van der Waals surface area contributed by atoms with Gasteiger partial charge in [0.25, 0.3) is 5.91 Å². The Morgan fingerprint density at radius 2 is 1.74 bits per heavy atom. The van der Waals surface area contributed by atoms with Gasteiger partial charge in [-0.05, 0) is 35.9 Å². The average Bonchev–Trinajstić information content (AvgIpc) is 3.34. The third-order valence-corrected chi connectivity index (χ3v) is 4.51. The Morgan fingerprint density at radius 3 is 2.26 bits per heavy atom. The van der Waals surface area contributed by atoms with E-state index in [0.717, 1.165) is 5.69 Å². The van der Waals surface area contributed by atoms with Gasteiger partial charge >= 0.3 is 0 Å². The van der Waals surface area contributed by atoms with Crippen molar-refractivity contribution in [1.82, 2.24) is 15.2 Å². The number of hydrogen-bond acceptors (Lipinski definition) is 7. The van der Waals surface area contributed by atoms with Gasteiger partial charge in [-0.15, -0.1) is 0 Å². The molecule has 0 spiro atoms. The second kappa shape index (κ2) is 10.3. The van der Waals surface area contributed by atoms with Crippen LogP contribution in [0.4, 0.5) is 0 Å². The second-order valence-electron chi connectivity index (χ2n) is 6.35. The molecule has 1 N–H and O–H groups in total. The van der Waals surface area contributed by atoms with Crippen LogP contribution in [0.25, 0.3) is 5.69 Å². The summed E-state index contributed by atoms with van der Waals surface area (Å²) in [7, 11) is 6.05. The molecule has 1 atom stereocenters. The molecular formula is C22H24N4O5. The fourth-order valence-electron chi connectivity index (χ4n) is 3.02. The molecule has 1 aromatic heterocycles. The van der Waals surface area contributed by atoms with E-state index in [-0.39, 0.29) is 0 Å². The molecule has 0 saturated carbocycles. The number of benzene rings is 2. The van der Waals surface area contributed by atoms with Crippen molar-refractivity contribution in [2.45, 2.75) is 6.10 Å². The van der Waals surface area contributed by atoms with E-state index in [4.69, 9.17) is 18.9 Å². The molecule has 0 saturated heterocycles. The fourth-order valence-corrected chi connectivity index (χ4v) is 3.02. The van der Waals surface area contributed by atoms with Gasteiger partial charge in [-0.1, -0.05) is 12.1 Å². The molecule has 0 aliphatic carbocycles. The number of nitrogens with zero attached hydrogens (tertiary/aromatic N) is 3. The Bertz CT molecular complexity index is 1010. The highest BCUT2D eigenvalue weighted by Gasteiger charge is 2.20. The SMILES string of the molecule is COc1cc(C=NNC(=O)C(OC)c2ccc(-n3cccn3)cc2)cc(OC)c1OC. The summed E-state index contributed by atoms with van der Waals surface area (Å²) >= 11 is 0. The molecule has 0 aliphatic heterocycles. The Balaban J connectivity index is 1.71.